The van der Waals surface area contributed by atoms with E-state index in [4.69, 9.17) is 4.74 Å². The van der Waals surface area contributed by atoms with Gasteiger partial charge in [0.05, 0.1) is 11.1 Å². The highest BCUT2D eigenvalue weighted by Crippen LogP contribution is 2.43. The molecule has 150 valence electrons. The van der Waals surface area contributed by atoms with Gasteiger partial charge in [-0.1, -0.05) is 58.4 Å². The number of amides is 1. The standard InChI is InChI=1S/C23H28BrNO3/c1-21(2,27)16-23(18-8-6-5-7-9-18)14-15-25(20(26)28-23)22(3,4)17-10-12-19(24)13-11-17/h5-13,27H,14-16H2,1-4H3. The Kier molecular flexibility index (Phi) is 5.61. The lowest BCUT2D eigenvalue weighted by Gasteiger charge is -2.48. The number of benzene rings is 2. The molecule has 1 amide bonds. The number of rotatable bonds is 5. The monoisotopic (exact) mass is 445 g/mol. The number of cyclic esters (lactones) is 1. The van der Waals surface area contributed by atoms with E-state index in [-0.39, 0.29) is 6.09 Å². The smallest absolute Gasteiger partial charge is 0.411 e. The molecular weight excluding hydrogens is 418 g/mol. The Hall–Kier alpha value is -1.85. The van der Waals surface area contributed by atoms with Crippen LogP contribution in [0.4, 0.5) is 4.79 Å². The van der Waals surface area contributed by atoms with Crippen molar-refractivity contribution in [2.75, 3.05) is 6.54 Å². The second kappa shape index (κ2) is 7.53. The first-order valence-electron chi connectivity index (χ1n) is 9.58. The maximum Gasteiger partial charge on any atom is 0.411 e. The molecule has 2 aromatic carbocycles. The minimum Gasteiger partial charge on any atom is -0.438 e. The van der Waals surface area contributed by atoms with Crippen molar-refractivity contribution in [2.24, 2.45) is 0 Å². The quantitative estimate of drug-likeness (QED) is 0.652. The minimum absolute atomic E-state index is 0.350. The summed E-state index contributed by atoms with van der Waals surface area (Å²) in [6.45, 7) is 8.12. The summed E-state index contributed by atoms with van der Waals surface area (Å²) in [6.07, 6.45) is 0.613. The van der Waals surface area contributed by atoms with Crippen molar-refractivity contribution < 1.29 is 14.6 Å². The molecule has 5 heteroatoms. The van der Waals surface area contributed by atoms with Crippen molar-refractivity contribution in [3.63, 3.8) is 0 Å². The van der Waals surface area contributed by atoms with Gasteiger partial charge in [0.25, 0.3) is 0 Å². The zero-order chi connectivity index (χ0) is 20.6. The van der Waals surface area contributed by atoms with Crippen LogP contribution in [0, 0.1) is 0 Å². The van der Waals surface area contributed by atoms with Crippen LogP contribution in [0.1, 0.15) is 51.7 Å². The average Bonchev–Trinajstić information content (AvgIpc) is 2.61. The van der Waals surface area contributed by atoms with E-state index in [9.17, 15) is 9.90 Å². The number of nitrogens with zero attached hydrogens (tertiary/aromatic N) is 1. The number of halogens is 1. The highest BCUT2D eigenvalue weighted by Gasteiger charge is 2.48. The molecule has 0 aliphatic carbocycles. The molecule has 1 saturated heterocycles. The zero-order valence-electron chi connectivity index (χ0n) is 16.9. The van der Waals surface area contributed by atoms with Crippen LogP contribution in [-0.2, 0) is 15.9 Å². The maximum atomic E-state index is 13.2. The second-order valence-corrected chi connectivity index (χ2v) is 9.60. The van der Waals surface area contributed by atoms with Crippen molar-refractivity contribution in [3.8, 4) is 0 Å². The van der Waals surface area contributed by atoms with Gasteiger partial charge >= 0.3 is 6.09 Å². The lowest BCUT2D eigenvalue weighted by molar-refractivity contribution is -0.109. The van der Waals surface area contributed by atoms with Crippen LogP contribution in [0.3, 0.4) is 0 Å². The van der Waals surface area contributed by atoms with E-state index in [0.717, 1.165) is 15.6 Å². The molecule has 1 unspecified atom stereocenters. The van der Waals surface area contributed by atoms with Crippen LogP contribution in [0.25, 0.3) is 0 Å². The summed E-state index contributed by atoms with van der Waals surface area (Å²) < 4.78 is 7.10. The van der Waals surface area contributed by atoms with Crippen LogP contribution < -0.4 is 0 Å². The highest BCUT2D eigenvalue weighted by molar-refractivity contribution is 9.10. The Morgan fingerprint density at radius 1 is 1.07 bits per heavy atom. The molecule has 1 fully saturated rings. The fourth-order valence-electron chi connectivity index (χ4n) is 4.05. The van der Waals surface area contributed by atoms with E-state index >= 15 is 0 Å². The van der Waals surface area contributed by atoms with Gasteiger partial charge in [-0.2, -0.15) is 0 Å². The fraction of sp³-hybridized carbons (Fsp3) is 0.435. The summed E-state index contributed by atoms with van der Waals surface area (Å²) in [5, 5.41) is 10.5. The molecule has 0 bridgehead atoms. The number of hydrogen-bond acceptors (Lipinski definition) is 3. The highest BCUT2D eigenvalue weighted by atomic mass is 79.9. The lowest BCUT2D eigenvalue weighted by atomic mass is 9.79. The largest absolute Gasteiger partial charge is 0.438 e. The van der Waals surface area contributed by atoms with Gasteiger partial charge in [-0.05, 0) is 51.0 Å². The normalized spacial score (nSPS) is 20.8. The Balaban J connectivity index is 1.91. The minimum atomic E-state index is -0.959. The summed E-state index contributed by atoms with van der Waals surface area (Å²) in [4.78, 5) is 14.9. The molecular formula is C23H28BrNO3. The maximum absolute atomic E-state index is 13.2. The van der Waals surface area contributed by atoms with Crippen molar-refractivity contribution in [2.45, 2.75) is 57.3 Å². The van der Waals surface area contributed by atoms with Crippen LogP contribution in [-0.4, -0.2) is 28.2 Å². The van der Waals surface area contributed by atoms with Gasteiger partial charge in [-0.3, -0.25) is 4.90 Å². The second-order valence-electron chi connectivity index (χ2n) is 8.69. The number of aliphatic hydroxyl groups is 1. The van der Waals surface area contributed by atoms with Gasteiger partial charge in [-0.15, -0.1) is 0 Å². The molecule has 1 atom stereocenters. The van der Waals surface area contributed by atoms with Gasteiger partial charge in [0.1, 0.15) is 5.60 Å². The first kappa shape index (κ1) is 20.9. The van der Waals surface area contributed by atoms with E-state index < -0.39 is 16.7 Å². The lowest BCUT2D eigenvalue weighted by Crippen LogP contribution is -2.55. The third-order valence-electron chi connectivity index (χ3n) is 5.49. The summed E-state index contributed by atoms with van der Waals surface area (Å²) in [7, 11) is 0. The molecule has 1 heterocycles. The molecule has 1 aliphatic rings. The Bertz CT molecular complexity index is 827. The Morgan fingerprint density at radius 2 is 1.68 bits per heavy atom. The van der Waals surface area contributed by atoms with Crippen LogP contribution in [0.5, 0.6) is 0 Å². The Labute approximate surface area is 175 Å². The van der Waals surface area contributed by atoms with Crippen LogP contribution in [0.15, 0.2) is 59.1 Å². The topological polar surface area (TPSA) is 49.8 Å². The van der Waals surface area contributed by atoms with Crippen molar-refractivity contribution in [1.29, 1.82) is 0 Å². The summed E-state index contributed by atoms with van der Waals surface area (Å²) in [5.74, 6) is 0. The zero-order valence-corrected chi connectivity index (χ0v) is 18.5. The molecule has 0 aromatic heterocycles. The number of ether oxygens (including phenoxy) is 1. The van der Waals surface area contributed by atoms with E-state index in [1.165, 1.54) is 0 Å². The molecule has 2 aromatic rings. The van der Waals surface area contributed by atoms with Gasteiger partial charge < -0.3 is 9.84 Å². The first-order chi connectivity index (χ1) is 13.0. The average molecular weight is 446 g/mol. The van der Waals surface area contributed by atoms with E-state index in [0.29, 0.717) is 19.4 Å². The molecule has 0 saturated carbocycles. The number of carbonyl (C=O) groups excluding carboxylic acids is 1. The summed E-state index contributed by atoms with van der Waals surface area (Å²) in [6, 6.07) is 17.8. The van der Waals surface area contributed by atoms with E-state index in [1.54, 1.807) is 18.7 Å². The third kappa shape index (κ3) is 4.26. The van der Waals surface area contributed by atoms with Crippen LogP contribution >= 0.6 is 15.9 Å². The predicted octanol–water partition coefficient (Wildman–Crippen LogP) is 5.58. The van der Waals surface area contributed by atoms with E-state index in [1.807, 2.05) is 68.4 Å². The predicted molar refractivity (Wildman–Crippen MR) is 114 cm³/mol. The fourth-order valence-corrected chi connectivity index (χ4v) is 4.31. The SMILES string of the molecule is CC(C)(O)CC1(c2ccccc2)CCN(C(C)(C)c2ccc(Br)cc2)C(=O)O1. The molecule has 28 heavy (non-hydrogen) atoms. The molecule has 0 spiro atoms. The summed E-state index contributed by atoms with van der Waals surface area (Å²) >= 11 is 3.46. The molecule has 1 aliphatic heterocycles. The van der Waals surface area contributed by atoms with Gasteiger partial charge in [-0.25, -0.2) is 4.79 Å². The van der Waals surface area contributed by atoms with E-state index in [2.05, 4.69) is 15.9 Å². The first-order valence-corrected chi connectivity index (χ1v) is 10.4. The van der Waals surface area contributed by atoms with Gasteiger partial charge in [0.2, 0.25) is 0 Å². The molecule has 1 N–H and O–H groups in total. The molecule has 3 rings (SSSR count). The van der Waals surface area contributed by atoms with Crippen LogP contribution in [0.2, 0.25) is 0 Å². The Morgan fingerprint density at radius 3 is 2.21 bits per heavy atom. The van der Waals surface area contributed by atoms with Crippen molar-refractivity contribution in [1.82, 2.24) is 4.90 Å². The number of hydrogen-bond donors (Lipinski definition) is 1. The molecule has 4 nitrogen and oxygen atoms in total. The van der Waals surface area contributed by atoms with Gasteiger partial charge in [0, 0.05) is 23.9 Å². The van der Waals surface area contributed by atoms with Crippen molar-refractivity contribution >= 4 is 22.0 Å². The third-order valence-corrected chi connectivity index (χ3v) is 6.01. The summed E-state index contributed by atoms with van der Waals surface area (Å²) in [5.41, 5.74) is -0.327. The van der Waals surface area contributed by atoms with Crippen molar-refractivity contribution in [3.05, 3.63) is 70.2 Å². The van der Waals surface area contributed by atoms with Gasteiger partial charge in [0.15, 0.2) is 0 Å². The number of carbonyl (C=O) groups is 1. The molecule has 0 radical (unpaired) electrons.